The van der Waals surface area contributed by atoms with Crippen LogP contribution in [0.15, 0.2) is 23.3 Å². The Bertz CT molecular complexity index is 211. The number of allylic oxidation sites excluding steroid dienone is 4. The Labute approximate surface area is 76.4 Å². The standard InChI is InChI=1S/C12H20/c1-5-10-8-6-7-9-11(10)12(2,3)4/h8-9H,5-7H2,1-4H3. The maximum atomic E-state index is 2.42. The Morgan fingerprint density at radius 1 is 1.17 bits per heavy atom. The summed E-state index contributed by atoms with van der Waals surface area (Å²) in [7, 11) is 0. The lowest BCUT2D eigenvalue weighted by atomic mass is 9.78. The molecule has 0 aromatic carbocycles. The van der Waals surface area contributed by atoms with E-state index in [0.29, 0.717) is 5.41 Å². The third-order valence-corrected chi connectivity index (χ3v) is 2.44. The SMILES string of the molecule is CCC1=CCCC=C1C(C)(C)C. The van der Waals surface area contributed by atoms with Crippen LogP contribution in [0.3, 0.4) is 0 Å². The summed E-state index contributed by atoms with van der Waals surface area (Å²) in [6.07, 6.45) is 8.47. The van der Waals surface area contributed by atoms with Crippen LogP contribution in [0.2, 0.25) is 0 Å². The molecule has 0 radical (unpaired) electrons. The van der Waals surface area contributed by atoms with E-state index in [2.05, 4.69) is 39.8 Å². The monoisotopic (exact) mass is 164 g/mol. The zero-order valence-electron chi connectivity index (χ0n) is 8.78. The lowest BCUT2D eigenvalue weighted by Gasteiger charge is -2.27. The van der Waals surface area contributed by atoms with Crippen molar-refractivity contribution in [3.63, 3.8) is 0 Å². The van der Waals surface area contributed by atoms with Crippen molar-refractivity contribution in [3.8, 4) is 0 Å². The number of rotatable bonds is 1. The molecule has 68 valence electrons. The lowest BCUT2D eigenvalue weighted by Crippen LogP contribution is -2.13. The fourth-order valence-electron chi connectivity index (χ4n) is 1.85. The average molecular weight is 164 g/mol. The van der Waals surface area contributed by atoms with Crippen LogP contribution in [0.4, 0.5) is 0 Å². The van der Waals surface area contributed by atoms with Gasteiger partial charge in [-0.15, -0.1) is 0 Å². The predicted molar refractivity (Wildman–Crippen MR) is 55.1 cm³/mol. The molecule has 0 heteroatoms. The van der Waals surface area contributed by atoms with E-state index in [-0.39, 0.29) is 0 Å². The molecule has 0 aromatic rings. The molecule has 0 spiro atoms. The molecule has 0 atom stereocenters. The zero-order valence-corrected chi connectivity index (χ0v) is 8.78. The largest absolute Gasteiger partial charge is 0.0807 e. The highest BCUT2D eigenvalue weighted by molar-refractivity contribution is 5.37. The summed E-state index contributed by atoms with van der Waals surface area (Å²) in [4.78, 5) is 0. The van der Waals surface area contributed by atoms with Gasteiger partial charge in [0.05, 0.1) is 0 Å². The van der Waals surface area contributed by atoms with Gasteiger partial charge in [0.15, 0.2) is 0 Å². The molecule has 0 aromatic heterocycles. The van der Waals surface area contributed by atoms with Gasteiger partial charge in [-0.25, -0.2) is 0 Å². The lowest BCUT2D eigenvalue weighted by molar-refractivity contribution is 0.501. The Kier molecular flexibility index (Phi) is 2.76. The molecular formula is C12H20. The Balaban J connectivity index is 2.88. The topological polar surface area (TPSA) is 0 Å². The van der Waals surface area contributed by atoms with Gasteiger partial charge in [0.2, 0.25) is 0 Å². The van der Waals surface area contributed by atoms with E-state index in [0.717, 1.165) is 0 Å². The van der Waals surface area contributed by atoms with Crippen LogP contribution in [0.1, 0.15) is 47.0 Å². The molecule has 0 aliphatic heterocycles. The van der Waals surface area contributed by atoms with Crippen molar-refractivity contribution in [2.24, 2.45) is 5.41 Å². The van der Waals surface area contributed by atoms with Crippen LogP contribution in [0.5, 0.6) is 0 Å². The Morgan fingerprint density at radius 2 is 1.75 bits per heavy atom. The normalized spacial score (nSPS) is 18.7. The predicted octanol–water partition coefficient (Wildman–Crippen LogP) is 4.09. The van der Waals surface area contributed by atoms with Gasteiger partial charge in [0.25, 0.3) is 0 Å². The molecule has 0 saturated heterocycles. The molecule has 0 unspecified atom stereocenters. The molecule has 0 N–H and O–H groups in total. The molecule has 0 fully saturated rings. The second-order valence-corrected chi connectivity index (χ2v) is 4.53. The molecule has 0 nitrogen and oxygen atoms in total. The summed E-state index contributed by atoms with van der Waals surface area (Å²) >= 11 is 0. The van der Waals surface area contributed by atoms with Crippen LogP contribution < -0.4 is 0 Å². The minimum absolute atomic E-state index is 0.336. The van der Waals surface area contributed by atoms with Gasteiger partial charge in [-0.05, 0) is 35.8 Å². The van der Waals surface area contributed by atoms with Crippen molar-refractivity contribution >= 4 is 0 Å². The van der Waals surface area contributed by atoms with E-state index >= 15 is 0 Å². The van der Waals surface area contributed by atoms with E-state index in [9.17, 15) is 0 Å². The molecule has 0 heterocycles. The second kappa shape index (κ2) is 3.47. The second-order valence-electron chi connectivity index (χ2n) is 4.53. The van der Waals surface area contributed by atoms with Crippen molar-refractivity contribution < 1.29 is 0 Å². The highest BCUT2D eigenvalue weighted by Gasteiger charge is 2.20. The van der Waals surface area contributed by atoms with Gasteiger partial charge in [0, 0.05) is 0 Å². The van der Waals surface area contributed by atoms with Crippen LogP contribution in [-0.4, -0.2) is 0 Å². The maximum Gasteiger partial charge on any atom is -0.0132 e. The molecular weight excluding hydrogens is 144 g/mol. The fraction of sp³-hybridized carbons (Fsp3) is 0.667. The third kappa shape index (κ3) is 2.00. The Morgan fingerprint density at radius 3 is 2.17 bits per heavy atom. The number of hydrogen-bond acceptors (Lipinski definition) is 0. The van der Waals surface area contributed by atoms with Gasteiger partial charge in [-0.1, -0.05) is 39.8 Å². The van der Waals surface area contributed by atoms with Crippen LogP contribution in [-0.2, 0) is 0 Å². The molecule has 0 bridgehead atoms. The van der Waals surface area contributed by atoms with Crippen molar-refractivity contribution in [1.29, 1.82) is 0 Å². The summed E-state index contributed by atoms with van der Waals surface area (Å²) < 4.78 is 0. The van der Waals surface area contributed by atoms with E-state index in [4.69, 9.17) is 0 Å². The smallest absolute Gasteiger partial charge is 0.0132 e. The molecule has 1 rings (SSSR count). The Hall–Kier alpha value is -0.520. The highest BCUT2D eigenvalue weighted by Crippen LogP contribution is 2.35. The van der Waals surface area contributed by atoms with E-state index in [1.165, 1.54) is 19.3 Å². The summed E-state index contributed by atoms with van der Waals surface area (Å²) in [6, 6.07) is 0. The highest BCUT2D eigenvalue weighted by atomic mass is 14.2. The molecule has 1 aliphatic rings. The van der Waals surface area contributed by atoms with Crippen molar-refractivity contribution in [1.82, 2.24) is 0 Å². The van der Waals surface area contributed by atoms with Crippen LogP contribution in [0, 0.1) is 5.41 Å². The summed E-state index contributed by atoms with van der Waals surface area (Å²) in [5, 5.41) is 0. The average Bonchev–Trinajstić information content (AvgIpc) is 2.03. The maximum absolute atomic E-state index is 2.42. The van der Waals surface area contributed by atoms with Crippen molar-refractivity contribution in [3.05, 3.63) is 23.3 Å². The quantitative estimate of drug-likeness (QED) is 0.547. The first-order chi connectivity index (χ1) is 5.55. The first kappa shape index (κ1) is 9.57. The molecule has 1 aliphatic carbocycles. The van der Waals surface area contributed by atoms with Crippen molar-refractivity contribution in [2.45, 2.75) is 47.0 Å². The zero-order chi connectivity index (χ0) is 9.19. The molecule has 0 saturated carbocycles. The van der Waals surface area contributed by atoms with E-state index in [1.807, 2.05) is 0 Å². The van der Waals surface area contributed by atoms with Gasteiger partial charge in [0.1, 0.15) is 0 Å². The third-order valence-electron chi connectivity index (χ3n) is 2.44. The van der Waals surface area contributed by atoms with Crippen molar-refractivity contribution in [2.75, 3.05) is 0 Å². The minimum atomic E-state index is 0.336. The molecule has 12 heavy (non-hydrogen) atoms. The summed E-state index contributed by atoms with van der Waals surface area (Å²) in [6.45, 7) is 9.14. The summed E-state index contributed by atoms with van der Waals surface area (Å²) in [5.41, 5.74) is 3.47. The first-order valence-corrected chi connectivity index (χ1v) is 4.95. The van der Waals surface area contributed by atoms with E-state index < -0.39 is 0 Å². The van der Waals surface area contributed by atoms with Gasteiger partial charge >= 0.3 is 0 Å². The van der Waals surface area contributed by atoms with E-state index in [1.54, 1.807) is 11.1 Å². The van der Waals surface area contributed by atoms with Gasteiger partial charge in [-0.2, -0.15) is 0 Å². The van der Waals surface area contributed by atoms with Gasteiger partial charge in [-0.3, -0.25) is 0 Å². The fourth-order valence-corrected chi connectivity index (χ4v) is 1.85. The summed E-state index contributed by atoms with van der Waals surface area (Å²) in [5.74, 6) is 0. The first-order valence-electron chi connectivity index (χ1n) is 4.95. The van der Waals surface area contributed by atoms with Crippen LogP contribution in [0.25, 0.3) is 0 Å². The number of hydrogen-bond donors (Lipinski definition) is 0. The van der Waals surface area contributed by atoms with Crippen LogP contribution >= 0.6 is 0 Å². The minimum Gasteiger partial charge on any atom is -0.0807 e. The van der Waals surface area contributed by atoms with Gasteiger partial charge < -0.3 is 0 Å². The molecule has 0 amide bonds.